The number of nitrogens with zero attached hydrogens (tertiary/aromatic N) is 2. The van der Waals surface area contributed by atoms with Crippen LogP contribution in [0.3, 0.4) is 0 Å². The number of rotatable bonds is 4. The molecule has 24 heavy (non-hydrogen) atoms. The van der Waals surface area contributed by atoms with Crippen LogP contribution < -0.4 is 5.56 Å². The summed E-state index contributed by atoms with van der Waals surface area (Å²) in [5.74, 6) is 1.35. The maximum absolute atomic E-state index is 11.8. The Hall–Kier alpha value is -2.40. The van der Waals surface area contributed by atoms with Gasteiger partial charge in [-0.25, -0.2) is 4.98 Å². The van der Waals surface area contributed by atoms with Gasteiger partial charge < -0.3 is 9.97 Å². The monoisotopic (exact) mass is 322 g/mol. The first-order chi connectivity index (χ1) is 11.7. The van der Waals surface area contributed by atoms with Gasteiger partial charge in [0.05, 0.1) is 11.8 Å². The van der Waals surface area contributed by atoms with E-state index in [4.69, 9.17) is 0 Å². The lowest BCUT2D eigenvalue weighted by Gasteiger charge is -2.15. The number of hydrogen-bond acceptors (Lipinski definition) is 3. The molecule has 0 bridgehead atoms. The van der Waals surface area contributed by atoms with Crippen LogP contribution in [0.5, 0.6) is 0 Å². The Kier molecular flexibility index (Phi) is 3.94. The average molecular weight is 322 g/mol. The van der Waals surface area contributed by atoms with E-state index in [1.54, 1.807) is 0 Å². The normalized spacial score (nSPS) is 21.5. The van der Waals surface area contributed by atoms with Crippen LogP contribution in [-0.2, 0) is 13.0 Å². The van der Waals surface area contributed by atoms with Crippen molar-refractivity contribution in [1.29, 1.82) is 0 Å². The van der Waals surface area contributed by atoms with Crippen molar-refractivity contribution < 1.29 is 0 Å². The molecule has 2 unspecified atom stereocenters. The molecule has 1 aromatic carbocycles. The molecule has 2 atom stereocenters. The molecule has 1 aliphatic heterocycles. The third-order valence-corrected chi connectivity index (χ3v) is 5.13. The molecule has 2 aromatic heterocycles. The standard InChI is InChI=1S/C19H22N4O/c1-13-9-23(10-15(13)7-14-5-3-2-4-6-14)11-16-8-20-18-17(16)21-12-22-19(18)24/h2-6,8,12-13,15,20H,7,9-11H2,1H3,(H,21,22,24). The molecular weight excluding hydrogens is 300 g/mol. The zero-order valence-electron chi connectivity index (χ0n) is 13.8. The van der Waals surface area contributed by atoms with E-state index < -0.39 is 0 Å². The van der Waals surface area contributed by atoms with Crippen LogP contribution in [0.4, 0.5) is 0 Å². The minimum atomic E-state index is -0.108. The Morgan fingerprint density at radius 2 is 2.04 bits per heavy atom. The summed E-state index contributed by atoms with van der Waals surface area (Å²) in [4.78, 5) is 24.3. The van der Waals surface area contributed by atoms with Gasteiger partial charge in [-0.3, -0.25) is 9.69 Å². The predicted octanol–water partition coefficient (Wildman–Crippen LogP) is 2.56. The zero-order chi connectivity index (χ0) is 16.5. The summed E-state index contributed by atoms with van der Waals surface area (Å²) in [5, 5.41) is 0. The Bertz CT molecular complexity index is 883. The second-order valence-electron chi connectivity index (χ2n) is 6.89. The van der Waals surface area contributed by atoms with Gasteiger partial charge >= 0.3 is 0 Å². The molecule has 0 radical (unpaired) electrons. The third-order valence-electron chi connectivity index (χ3n) is 5.13. The van der Waals surface area contributed by atoms with E-state index >= 15 is 0 Å². The average Bonchev–Trinajstić information content (AvgIpc) is 3.14. The number of hydrogen-bond donors (Lipinski definition) is 2. The first-order valence-corrected chi connectivity index (χ1v) is 8.50. The van der Waals surface area contributed by atoms with E-state index in [0.717, 1.165) is 37.1 Å². The second kappa shape index (κ2) is 6.24. The number of likely N-dealkylation sites (tertiary alicyclic amines) is 1. The highest BCUT2D eigenvalue weighted by atomic mass is 16.1. The van der Waals surface area contributed by atoms with Gasteiger partial charge in [-0.2, -0.15) is 0 Å². The molecule has 1 fully saturated rings. The molecule has 5 heteroatoms. The van der Waals surface area contributed by atoms with Gasteiger partial charge in [0.2, 0.25) is 0 Å². The molecule has 3 aromatic rings. The molecule has 5 nitrogen and oxygen atoms in total. The van der Waals surface area contributed by atoms with Gasteiger partial charge in [-0.1, -0.05) is 37.3 Å². The maximum atomic E-state index is 11.8. The van der Waals surface area contributed by atoms with Crippen LogP contribution in [0.2, 0.25) is 0 Å². The van der Waals surface area contributed by atoms with Gasteiger partial charge in [-0.05, 0) is 23.8 Å². The lowest BCUT2D eigenvalue weighted by atomic mass is 9.91. The van der Waals surface area contributed by atoms with Crippen molar-refractivity contribution in [3.05, 3.63) is 64.3 Å². The lowest BCUT2D eigenvalue weighted by molar-refractivity contribution is 0.315. The number of benzene rings is 1. The highest BCUT2D eigenvalue weighted by Gasteiger charge is 2.30. The Labute approximate surface area is 140 Å². The second-order valence-corrected chi connectivity index (χ2v) is 6.89. The maximum Gasteiger partial charge on any atom is 0.275 e. The summed E-state index contributed by atoms with van der Waals surface area (Å²) < 4.78 is 0. The molecule has 0 aliphatic carbocycles. The van der Waals surface area contributed by atoms with Crippen LogP contribution in [0, 0.1) is 11.8 Å². The van der Waals surface area contributed by atoms with E-state index in [-0.39, 0.29) is 5.56 Å². The summed E-state index contributed by atoms with van der Waals surface area (Å²) in [6.45, 7) is 5.36. The molecule has 0 saturated carbocycles. The summed E-state index contributed by atoms with van der Waals surface area (Å²) >= 11 is 0. The van der Waals surface area contributed by atoms with Crippen molar-refractivity contribution in [2.45, 2.75) is 19.9 Å². The fourth-order valence-electron chi connectivity index (χ4n) is 3.82. The Morgan fingerprint density at radius 1 is 1.21 bits per heavy atom. The van der Waals surface area contributed by atoms with E-state index in [1.165, 1.54) is 11.9 Å². The van der Waals surface area contributed by atoms with E-state index in [0.29, 0.717) is 17.4 Å². The van der Waals surface area contributed by atoms with Crippen LogP contribution in [-0.4, -0.2) is 32.9 Å². The Balaban J connectivity index is 1.48. The van der Waals surface area contributed by atoms with Crippen LogP contribution in [0.15, 0.2) is 47.7 Å². The van der Waals surface area contributed by atoms with Crippen molar-refractivity contribution >= 4 is 11.0 Å². The molecule has 0 amide bonds. The molecule has 1 aliphatic rings. The van der Waals surface area contributed by atoms with Crippen molar-refractivity contribution in [3.63, 3.8) is 0 Å². The zero-order valence-corrected chi connectivity index (χ0v) is 13.8. The number of nitrogens with one attached hydrogen (secondary N) is 2. The molecule has 1 saturated heterocycles. The molecule has 3 heterocycles. The number of aromatic nitrogens is 3. The van der Waals surface area contributed by atoms with Gasteiger partial charge in [0.1, 0.15) is 5.52 Å². The topological polar surface area (TPSA) is 64.8 Å². The smallest absolute Gasteiger partial charge is 0.275 e. The molecule has 0 spiro atoms. The SMILES string of the molecule is CC1CN(Cc2c[nH]c3c(=O)[nH]cnc23)CC1Cc1ccccc1. The van der Waals surface area contributed by atoms with Gasteiger partial charge in [-0.15, -0.1) is 0 Å². The van der Waals surface area contributed by atoms with Gasteiger partial charge in [0.25, 0.3) is 5.56 Å². The van der Waals surface area contributed by atoms with Crippen molar-refractivity contribution in [3.8, 4) is 0 Å². The summed E-state index contributed by atoms with van der Waals surface area (Å²) in [5.41, 5.74) is 3.77. The van der Waals surface area contributed by atoms with Crippen molar-refractivity contribution in [1.82, 2.24) is 19.9 Å². The van der Waals surface area contributed by atoms with Crippen LogP contribution in [0.25, 0.3) is 11.0 Å². The van der Waals surface area contributed by atoms with Crippen molar-refractivity contribution in [2.24, 2.45) is 11.8 Å². The minimum absolute atomic E-state index is 0.108. The van der Waals surface area contributed by atoms with E-state index in [2.05, 4.69) is 57.1 Å². The third kappa shape index (κ3) is 2.87. The first-order valence-electron chi connectivity index (χ1n) is 8.50. The fraction of sp³-hybridized carbons (Fsp3) is 0.368. The molecule has 4 rings (SSSR count). The van der Waals surface area contributed by atoms with Crippen LogP contribution in [0.1, 0.15) is 18.1 Å². The quantitative estimate of drug-likeness (QED) is 0.776. The fourth-order valence-corrected chi connectivity index (χ4v) is 3.82. The summed E-state index contributed by atoms with van der Waals surface area (Å²) in [6, 6.07) is 10.7. The molecular formula is C19H22N4O. The van der Waals surface area contributed by atoms with Crippen molar-refractivity contribution in [2.75, 3.05) is 13.1 Å². The largest absolute Gasteiger partial charge is 0.355 e. The van der Waals surface area contributed by atoms with Gasteiger partial charge in [0, 0.05) is 31.4 Å². The number of fused-ring (bicyclic) bond motifs is 1. The van der Waals surface area contributed by atoms with Gasteiger partial charge in [0.15, 0.2) is 0 Å². The molecule has 2 N–H and O–H groups in total. The molecule has 124 valence electrons. The minimum Gasteiger partial charge on any atom is -0.355 e. The highest BCUT2D eigenvalue weighted by Crippen LogP contribution is 2.28. The van der Waals surface area contributed by atoms with E-state index in [1.807, 2.05) is 6.20 Å². The summed E-state index contributed by atoms with van der Waals surface area (Å²) in [6.07, 6.45) is 4.53. The summed E-state index contributed by atoms with van der Waals surface area (Å²) in [7, 11) is 0. The first kappa shape index (κ1) is 15.1. The van der Waals surface area contributed by atoms with E-state index in [9.17, 15) is 4.79 Å². The Morgan fingerprint density at radius 3 is 2.88 bits per heavy atom. The predicted molar refractivity (Wildman–Crippen MR) is 94.8 cm³/mol. The van der Waals surface area contributed by atoms with Crippen LogP contribution >= 0.6 is 0 Å². The number of aromatic amines is 2. The number of H-pyrrole nitrogens is 2. The lowest BCUT2D eigenvalue weighted by Crippen LogP contribution is -2.20. The highest BCUT2D eigenvalue weighted by molar-refractivity contribution is 5.77.